The zero-order chi connectivity index (χ0) is 13.1. The molecule has 0 unspecified atom stereocenters. The fourth-order valence-corrected chi connectivity index (χ4v) is 2.98. The maximum Gasteiger partial charge on any atom is 0.227 e. The molecule has 3 rings (SSSR count). The molecule has 1 saturated heterocycles. The van der Waals surface area contributed by atoms with Crippen LogP contribution >= 0.6 is 11.3 Å². The van der Waals surface area contributed by atoms with Gasteiger partial charge < -0.3 is 14.5 Å². The maximum absolute atomic E-state index is 9.44. The molecule has 0 radical (unpaired) electrons. The number of aromatic nitrogens is 2. The summed E-state index contributed by atoms with van der Waals surface area (Å²) in [6, 6.07) is 3.97. The Kier molecular flexibility index (Phi) is 3.91. The second kappa shape index (κ2) is 5.81. The molecule has 102 valence electrons. The molecule has 0 bridgehead atoms. The summed E-state index contributed by atoms with van der Waals surface area (Å²) in [7, 11) is 0. The Balaban J connectivity index is 1.48. The molecule has 0 amide bonds. The number of hydrogen-bond acceptors (Lipinski definition) is 6. The molecule has 1 fully saturated rings. The van der Waals surface area contributed by atoms with E-state index in [-0.39, 0.29) is 6.10 Å². The summed E-state index contributed by atoms with van der Waals surface area (Å²) in [6.07, 6.45) is 2.53. The van der Waals surface area contributed by atoms with Gasteiger partial charge in [0.2, 0.25) is 11.7 Å². The Morgan fingerprint density at radius 2 is 2.47 bits per heavy atom. The van der Waals surface area contributed by atoms with Crippen LogP contribution in [0.15, 0.2) is 22.0 Å². The Hall–Kier alpha value is -1.24. The van der Waals surface area contributed by atoms with Crippen molar-refractivity contribution in [1.82, 2.24) is 15.0 Å². The predicted molar refractivity (Wildman–Crippen MR) is 73.0 cm³/mol. The van der Waals surface area contributed by atoms with Gasteiger partial charge in [0.05, 0.1) is 11.0 Å². The third-order valence-electron chi connectivity index (χ3n) is 3.32. The lowest BCUT2D eigenvalue weighted by molar-refractivity contribution is 0.175. The molecule has 1 aliphatic rings. The fourth-order valence-electron chi connectivity index (χ4n) is 2.33. The fraction of sp³-hybridized carbons (Fsp3) is 0.538. The molecule has 1 atom stereocenters. The smallest absolute Gasteiger partial charge is 0.227 e. The highest BCUT2D eigenvalue weighted by Crippen LogP contribution is 2.21. The van der Waals surface area contributed by atoms with E-state index in [1.54, 1.807) is 11.3 Å². The summed E-state index contributed by atoms with van der Waals surface area (Å²) in [4.78, 5) is 7.72. The van der Waals surface area contributed by atoms with Crippen LogP contribution in [0.25, 0.3) is 10.7 Å². The number of thiophene rings is 1. The normalized spacial score (nSPS) is 20.2. The first-order valence-electron chi connectivity index (χ1n) is 6.58. The van der Waals surface area contributed by atoms with Crippen LogP contribution in [0.3, 0.4) is 0 Å². The Bertz CT molecular complexity index is 512. The van der Waals surface area contributed by atoms with E-state index in [2.05, 4.69) is 15.0 Å². The molecule has 1 N–H and O–H groups in total. The first kappa shape index (κ1) is 12.8. The van der Waals surface area contributed by atoms with Gasteiger partial charge in [-0.1, -0.05) is 11.2 Å². The van der Waals surface area contributed by atoms with Gasteiger partial charge in [0.25, 0.3) is 0 Å². The lowest BCUT2D eigenvalue weighted by Gasteiger charge is -2.13. The van der Waals surface area contributed by atoms with E-state index in [0.29, 0.717) is 11.7 Å². The number of rotatable bonds is 5. The van der Waals surface area contributed by atoms with Crippen molar-refractivity contribution in [3.8, 4) is 10.7 Å². The van der Waals surface area contributed by atoms with Gasteiger partial charge in [-0.3, -0.25) is 0 Å². The first-order chi connectivity index (χ1) is 9.31. The van der Waals surface area contributed by atoms with Crippen molar-refractivity contribution in [2.45, 2.75) is 25.4 Å². The summed E-state index contributed by atoms with van der Waals surface area (Å²) in [5, 5.41) is 15.4. The summed E-state index contributed by atoms with van der Waals surface area (Å²) in [6.45, 7) is 2.77. The molecule has 0 aromatic carbocycles. The van der Waals surface area contributed by atoms with Crippen molar-refractivity contribution in [2.24, 2.45) is 0 Å². The van der Waals surface area contributed by atoms with Crippen molar-refractivity contribution in [3.63, 3.8) is 0 Å². The zero-order valence-electron chi connectivity index (χ0n) is 10.7. The number of aliphatic hydroxyl groups is 1. The predicted octanol–water partition coefficient (Wildman–Crippen LogP) is 1.80. The summed E-state index contributed by atoms with van der Waals surface area (Å²) in [5.41, 5.74) is 0. The molecular formula is C13H17N3O2S. The van der Waals surface area contributed by atoms with E-state index in [1.807, 2.05) is 17.5 Å². The van der Waals surface area contributed by atoms with Crippen LogP contribution in [0, 0.1) is 0 Å². The third-order valence-corrected chi connectivity index (χ3v) is 4.19. The zero-order valence-corrected chi connectivity index (χ0v) is 11.5. The van der Waals surface area contributed by atoms with Crippen molar-refractivity contribution >= 4 is 11.3 Å². The van der Waals surface area contributed by atoms with Crippen molar-refractivity contribution in [1.29, 1.82) is 0 Å². The highest BCUT2D eigenvalue weighted by Gasteiger charge is 2.19. The van der Waals surface area contributed by atoms with Gasteiger partial charge in [0.1, 0.15) is 0 Å². The second-order valence-corrected chi connectivity index (χ2v) is 5.78. The third kappa shape index (κ3) is 3.20. The number of aliphatic hydroxyl groups excluding tert-OH is 1. The molecule has 6 heteroatoms. The van der Waals surface area contributed by atoms with Gasteiger partial charge >= 0.3 is 0 Å². The second-order valence-electron chi connectivity index (χ2n) is 4.84. The Morgan fingerprint density at radius 1 is 1.53 bits per heavy atom. The molecule has 0 spiro atoms. The molecule has 3 heterocycles. The van der Waals surface area contributed by atoms with Crippen LogP contribution in [0.2, 0.25) is 0 Å². The van der Waals surface area contributed by atoms with Gasteiger partial charge in [-0.25, -0.2) is 0 Å². The van der Waals surface area contributed by atoms with Gasteiger partial charge in [-0.05, 0) is 30.8 Å². The molecule has 2 aromatic rings. The highest BCUT2D eigenvalue weighted by molar-refractivity contribution is 7.13. The van der Waals surface area contributed by atoms with Gasteiger partial charge in [-0.2, -0.15) is 4.98 Å². The molecule has 1 aliphatic heterocycles. The van der Waals surface area contributed by atoms with E-state index >= 15 is 0 Å². The lowest BCUT2D eigenvalue weighted by atomic mass is 10.3. The minimum Gasteiger partial charge on any atom is -0.392 e. The molecule has 0 aliphatic carbocycles. The van der Waals surface area contributed by atoms with E-state index < -0.39 is 0 Å². The van der Waals surface area contributed by atoms with E-state index in [0.717, 1.165) is 43.8 Å². The van der Waals surface area contributed by atoms with Crippen LogP contribution in [0.4, 0.5) is 0 Å². The number of hydrogen-bond donors (Lipinski definition) is 1. The van der Waals surface area contributed by atoms with Crippen molar-refractivity contribution in [3.05, 3.63) is 23.4 Å². The number of likely N-dealkylation sites (tertiary alicyclic amines) is 1. The minimum absolute atomic E-state index is 0.145. The summed E-state index contributed by atoms with van der Waals surface area (Å²) >= 11 is 1.61. The number of β-amino-alcohol motifs (C(OH)–C–C–N with tert-alkyl or cyclic N) is 1. The van der Waals surface area contributed by atoms with Crippen molar-refractivity contribution in [2.75, 3.05) is 19.6 Å². The van der Waals surface area contributed by atoms with E-state index in [9.17, 15) is 5.11 Å². The summed E-state index contributed by atoms with van der Waals surface area (Å²) < 4.78 is 5.25. The van der Waals surface area contributed by atoms with Crippen LogP contribution in [0.1, 0.15) is 18.7 Å². The largest absolute Gasteiger partial charge is 0.392 e. The van der Waals surface area contributed by atoms with Crippen LogP contribution in [-0.2, 0) is 6.42 Å². The summed E-state index contributed by atoms with van der Waals surface area (Å²) in [5.74, 6) is 1.38. The van der Waals surface area contributed by atoms with Gasteiger partial charge in [0, 0.05) is 19.5 Å². The quantitative estimate of drug-likeness (QED) is 0.904. The molecule has 5 nitrogen and oxygen atoms in total. The highest BCUT2D eigenvalue weighted by atomic mass is 32.1. The average Bonchev–Trinajstić information content (AvgIpc) is 3.09. The van der Waals surface area contributed by atoms with Crippen LogP contribution in [-0.4, -0.2) is 45.9 Å². The standard InChI is InChI=1S/C13H17N3O2S/c17-10-5-7-16(9-10)6-1-4-12-14-13(15-18-12)11-3-2-8-19-11/h2-3,8,10,17H,1,4-7,9H2/t10-/m1/s1. The number of aryl methyl sites for hydroxylation is 1. The van der Waals surface area contributed by atoms with E-state index in [4.69, 9.17) is 4.52 Å². The van der Waals surface area contributed by atoms with Crippen molar-refractivity contribution < 1.29 is 9.63 Å². The molecular weight excluding hydrogens is 262 g/mol. The maximum atomic E-state index is 9.44. The molecule has 19 heavy (non-hydrogen) atoms. The monoisotopic (exact) mass is 279 g/mol. The SMILES string of the molecule is O[C@@H]1CCN(CCCc2nc(-c3cccs3)no2)C1. The Labute approximate surface area is 115 Å². The lowest BCUT2D eigenvalue weighted by Crippen LogP contribution is -2.23. The van der Waals surface area contributed by atoms with Crippen LogP contribution in [0.5, 0.6) is 0 Å². The first-order valence-corrected chi connectivity index (χ1v) is 7.46. The Morgan fingerprint density at radius 3 is 3.21 bits per heavy atom. The minimum atomic E-state index is -0.145. The van der Waals surface area contributed by atoms with Gasteiger partial charge in [0.15, 0.2) is 0 Å². The van der Waals surface area contributed by atoms with Gasteiger partial charge in [-0.15, -0.1) is 11.3 Å². The number of nitrogens with zero attached hydrogens (tertiary/aromatic N) is 3. The molecule has 2 aromatic heterocycles. The average molecular weight is 279 g/mol. The van der Waals surface area contributed by atoms with E-state index in [1.165, 1.54) is 0 Å². The topological polar surface area (TPSA) is 62.4 Å². The van der Waals surface area contributed by atoms with Crippen LogP contribution < -0.4 is 0 Å². The molecule has 0 saturated carbocycles.